The molecule has 0 heterocycles. The third-order valence-corrected chi connectivity index (χ3v) is 2.57. The number of carbonyl (C=O) groups excluding carboxylic acids is 2. The van der Waals surface area contributed by atoms with Gasteiger partial charge in [-0.25, -0.2) is 4.79 Å². The van der Waals surface area contributed by atoms with Crippen LogP contribution in [0.2, 0.25) is 0 Å². The molecule has 0 saturated carbocycles. The van der Waals surface area contributed by atoms with Crippen LogP contribution in [0.4, 0.5) is 0 Å². The van der Waals surface area contributed by atoms with E-state index >= 15 is 0 Å². The highest BCUT2D eigenvalue weighted by Gasteiger charge is 2.32. The van der Waals surface area contributed by atoms with E-state index in [1.807, 2.05) is 6.92 Å². The molecule has 0 aromatic rings. The Morgan fingerprint density at radius 1 is 1.35 bits per heavy atom. The number of hydrogen-bond donors (Lipinski definition) is 2. The molecule has 8 heteroatoms. The zero-order valence-electron chi connectivity index (χ0n) is 12.4. The Hall–Kier alpha value is -1.67. The van der Waals surface area contributed by atoms with Gasteiger partial charge in [0.05, 0.1) is 13.7 Å². The number of carbonyl (C=O) groups is 2. The van der Waals surface area contributed by atoms with E-state index in [2.05, 4.69) is 20.0 Å². The second kappa shape index (κ2) is 9.27. The van der Waals surface area contributed by atoms with Gasteiger partial charge in [0.2, 0.25) is 0 Å². The Morgan fingerprint density at radius 3 is 2.50 bits per heavy atom. The largest absolute Gasteiger partial charge is 0.468 e. The van der Waals surface area contributed by atoms with Gasteiger partial charge in [0.25, 0.3) is 0 Å². The molecule has 0 unspecified atom stereocenters. The van der Waals surface area contributed by atoms with Gasteiger partial charge in [-0.3, -0.25) is 10.1 Å². The molecular weight excluding hydrogens is 266 g/mol. The predicted octanol–water partition coefficient (Wildman–Crippen LogP) is -0.230. The van der Waals surface area contributed by atoms with Crippen LogP contribution in [0.1, 0.15) is 26.7 Å². The zero-order valence-corrected chi connectivity index (χ0v) is 12.4. The Kier molecular flexibility index (Phi) is 8.49. The van der Waals surface area contributed by atoms with Crippen molar-refractivity contribution in [3.05, 3.63) is 0 Å². The van der Waals surface area contributed by atoms with E-state index in [-0.39, 0.29) is 25.0 Å². The average molecular weight is 289 g/mol. The first-order valence-corrected chi connectivity index (χ1v) is 6.24. The number of amidine groups is 1. The fourth-order valence-corrected chi connectivity index (χ4v) is 1.56. The summed E-state index contributed by atoms with van der Waals surface area (Å²) in [4.78, 5) is 27.2. The highest BCUT2D eigenvalue weighted by Crippen LogP contribution is 2.13. The molecule has 0 amide bonds. The van der Waals surface area contributed by atoms with E-state index < -0.39 is 11.5 Å². The fraction of sp³-hybridized carbons (Fsp3) is 0.750. The summed E-state index contributed by atoms with van der Waals surface area (Å²) < 4.78 is 9.31. The van der Waals surface area contributed by atoms with E-state index in [9.17, 15) is 9.59 Å². The molecule has 116 valence electrons. The molecule has 0 saturated heterocycles. The van der Waals surface area contributed by atoms with Gasteiger partial charge < -0.3 is 20.0 Å². The molecule has 20 heavy (non-hydrogen) atoms. The van der Waals surface area contributed by atoms with E-state index in [1.165, 1.54) is 14.2 Å². The van der Waals surface area contributed by atoms with Crippen molar-refractivity contribution in [1.82, 2.24) is 5.32 Å². The first-order chi connectivity index (χ1) is 9.39. The summed E-state index contributed by atoms with van der Waals surface area (Å²) in [5.41, 5.74) is 4.72. The molecule has 1 atom stereocenters. The maximum atomic E-state index is 11.7. The Bertz CT molecular complexity index is 359. The molecule has 0 aromatic carbocycles. The zero-order chi connectivity index (χ0) is 15.6. The Balaban J connectivity index is 4.44. The summed E-state index contributed by atoms with van der Waals surface area (Å²) in [5.74, 6) is -0.996. The Labute approximate surface area is 118 Å². The molecule has 8 nitrogen and oxygen atoms in total. The summed E-state index contributed by atoms with van der Waals surface area (Å²) in [6.07, 6.45) is 1.37. The van der Waals surface area contributed by atoms with Crippen LogP contribution in [0, 0.1) is 0 Å². The average Bonchev–Trinajstić information content (AvgIpc) is 2.42. The van der Waals surface area contributed by atoms with Crippen LogP contribution in [-0.2, 0) is 23.9 Å². The standard InChI is InChI=1S/C12H23N3O5/c1-5-6-12(2,11(17)19-4)14-7-9(13)15-20-10(16)8-18-3/h14H,5-8H2,1-4H3,(H2,13,15)/t12-/m1/s1. The first kappa shape index (κ1) is 18.3. The van der Waals surface area contributed by atoms with Crippen molar-refractivity contribution in [3.8, 4) is 0 Å². The summed E-state index contributed by atoms with van der Waals surface area (Å²) in [5, 5.41) is 6.39. The lowest BCUT2D eigenvalue weighted by Crippen LogP contribution is -2.52. The number of oxime groups is 1. The number of nitrogens with two attached hydrogens (primary N) is 1. The van der Waals surface area contributed by atoms with Crippen LogP contribution in [0.25, 0.3) is 0 Å². The summed E-state index contributed by atoms with van der Waals surface area (Å²) >= 11 is 0. The molecule has 0 rings (SSSR count). The van der Waals surface area contributed by atoms with Gasteiger partial charge >= 0.3 is 11.9 Å². The summed E-state index contributed by atoms with van der Waals surface area (Å²) in [7, 11) is 2.68. The van der Waals surface area contributed by atoms with Crippen molar-refractivity contribution in [2.24, 2.45) is 10.9 Å². The normalized spacial score (nSPS) is 14.5. The smallest absolute Gasteiger partial charge is 0.360 e. The third kappa shape index (κ3) is 6.48. The van der Waals surface area contributed by atoms with E-state index in [0.717, 1.165) is 6.42 Å². The quantitative estimate of drug-likeness (QED) is 0.198. The number of nitrogens with one attached hydrogen (secondary N) is 1. The maximum absolute atomic E-state index is 11.7. The Morgan fingerprint density at radius 2 is 2.00 bits per heavy atom. The molecular formula is C12H23N3O5. The topological polar surface area (TPSA) is 112 Å². The van der Waals surface area contributed by atoms with Crippen molar-refractivity contribution < 1.29 is 23.9 Å². The van der Waals surface area contributed by atoms with E-state index in [4.69, 9.17) is 10.5 Å². The SMILES string of the molecule is CCC[C@@](C)(NC/C(N)=N/OC(=O)COC)C(=O)OC. The highest BCUT2D eigenvalue weighted by molar-refractivity contribution is 5.85. The van der Waals surface area contributed by atoms with E-state index in [1.54, 1.807) is 6.92 Å². The molecule has 0 aliphatic carbocycles. The second-order valence-corrected chi connectivity index (χ2v) is 4.41. The van der Waals surface area contributed by atoms with E-state index in [0.29, 0.717) is 6.42 Å². The van der Waals surface area contributed by atoms with Crippen LogP contribution < -0.4 is 11.1 Å². The predicted molar refractivity (Wildman–Crippen MR) is 72.9 cm³/mol. The van der Waals surface area contributed by atoms with Gasteiger partial charge in [0, 0.05) is 7.11 Å². The molecule has 3 N–H and O–H groups in total. The van der Waals surface area contributed by atoms with Crippen molar-refractivity contribution in [2.45, 2.75) is 32.2 Å². The maximum Gasteiger partial charge on any atom is 0.360 e. The van der Waals surface area contributed by atoms with Crippen molar-refractivity contribution in [3.63, 3.8) is 0 Å². The van der Waals surface area contributed by atoms with Crippen LogP contribution in [0.5, 0.6) is 0 Å². The van der Waals surface area contributed by atoms with Gasteiger partial charge in [0.15, 0.2) is 5.84 Å². The van der Waals surface area contributed by atoms with Crippen molar-refractivity contribution in [2.75, 3.05) is 27.4 Å². The lowest BCUT2D eigenvalue weighted by atomic mass is 9.96. The number of rotatable bonds is 9. The minimum absolute atomic E-state index is 0.0423. The highest BCUT2D eigenvalue weighted by atomic mass is 16.7. The van der Waals surface area contributed by atoms with Gasteiger partial charge in [0.1, 0.15) is 12.1 Å². The first-order valence-electron chi connectivity index (χ1n) is 6.24. The molecule has 0 fully saturated rings. The number of nitrogens with zero attached hydrogens (tertiary/aromatic N) is 1. The number of ether oxygens (including phenoxy) is 2. The lowest BCUT2D eigenvalue weighted by Gasteiger charge is -2.27. The van der Waals surface area contributed by atoms with Gasteiger partial charge in [-0.05, 0) is 13.3 Å². The lowest BCUT2D eigenvalue weighted by molar-refractivity contribution is -0.149. The molecule has 0 aliphatic heterocycles. The molecule has 0 bridgehead atoms. The van der Waals surface area contributed by atoms with Crippen LogP contribution in [0.15, 0.2) is 5.16 Å². The molecule has 0 radical (unpaired) electrons. The van der Waals surface area contributed by atoms with Crippen LogP contribution >= 0.6 is 0 Å². The minimum Gasteiger partial charge on any atom is -0.468 e. The fourth-order valence-electron chi connectivity index (χ4n) is 1.56. The van der Waals surface area contributed by atoms with Crippen LogP contribution in [0.3, 0.4) is 0 Å². The molecule has 0 aromatic heterocycles. The monoisotopic (exact) mass is 289 g/mol. The van der Waals surface area contributed by atoms with Gasteiger partial charge in [-0.1, -0.05) is 18.5 Å². The van der Waals surface area contributed by atoms with Gasteiger partial charge in [-0.15, -0.1) is 0 Å². The number of methoxy groups -OCH3 is 2. The van der Waals surface area contributed by atoms with Crippen LogP contribution in [-0.4, -0.2) is 50.7 Å². The summed E-state index contributed by atoms with van der Waals surface area (Å²) in [6.45, 7) is 3.55. The number of esters is 1. The second-order valence-electron chi connectivity index (χ2n) is 4.41. The molecule has 0 spiro atoms. The third-order valence-electron chi connectivity index (χ3n) is 2.57. The number of hydrogen-bond acceptors (Lipinski definition) is 7. The van der Waals surface area contributed by atoms with Gasteiger partial charge in [-0.2, -0.15) is 0 Å². The minimum atomic E-state index is -0.861. The van der Waals surface area contributed by atoms with Crippen molar-refractivity contribution in [1.29, 1.82) is 0 Å². The molecule has 0 aliphatic rings. The van der Waals surface area contributed by atoms with Crippen molar-refractivity contribution >= 4 is 17.8 Å². The summed E-state index contributed by atoms with van der Waals surface area (Å²) in [6, 6.07) is 0.